The highest BCUT2D eigenvalue weighted by Gasteiger charge is 2.13. The number of hydrogen-bond acceptors (Lipinski definition) is 5. The second-order valence-electron chi connectivity index (χ2n) is 4.75. The summed E-state index contributed by atoms with van der Waals surface area (Å²) in [5, 5.41) is 16.5. The van der Waals surface area contributed by atoms with Crippen LogP contribution in [0.5, 0.6) is 0 Å². The van der Waals surface area contributed by atoms with Gasteiger partial charge in [0.2, 0.25) is 0 Å². The van der Waals surface area contributed by atoms with E-state index in [1.54, 1.807) is 0 Å². The molecule has 1 unspecified atom stereocenters. The zero-order valence-electron chi connectivity index (χ0n) is 10.9. The summed E-state index contributed by atoms with van der Waals surface area (Å²) in [7, 11) is 0. The Morgan fingerprint density at radius 2 is 2.22 bits per heavy atom. The van der Waals surface area contributed by atoms with Crippen LogP contribution in [0.3, 0.4) is 0 Å². The molecule has 100 valence electrons. The minimum atomic E-state index is -0.356. The molecule has 1 aliphatic heterocycles. The van der Waals surface area contributed by atoms with Crippen molar-refractivity contribution < 1.29 is 5.11 Å². The number of piperazine rings is 1. The summed E-state index contributed by atoms with van der Waals surface area (Å²) in [4.78, 5) is 6.63. The molecule has 1 saturated heterocycles. The first-order chi connectivity index (χ1) is 8.74. The van der Waals surface area contributed by atoms with Gasteiger partial charge in [-0.3, -0.25) is 4.90 Å². The molecule has 0 radical (unpaired) electrons. The molecule has 0 aromatic carbocycles. The van der Waals surface area contributed by atoms with Crippen LogP contribution < -0.4 is 10.6 Å². The quantitative estimate of drug-likeness (QED) is 0.690. The van der Waals surface area contributed by atoms with Crippen molar-refractivity contribution in [3.63, 3.8) is 0 Å². The van der Waals surface area contributed by atoms with Gasteiger partial charge in [-0.1, -0.05) is 6.07 Å². The van der Waals surface area contributed by atoms with E-state index in [4.69, 9.17) is 0 Å². The van der Waals surface area contributed by atoms with E-state index >= 15 is 0 Å². The van der Waals surface area contributed by atoms with Gasteiger partial charge in [-0.25, -0.2) is 4.98 Å². The van der Waals surface area contributed by atoms with Gasteiger partial charge in [0.1, 0.15) is 5.82 Å². The van der Waals surface area contributed by atoms with Crippen molar-refractivity contribution in [2.45, 2.75) is 13.0 Å². The van der Waals surface area contributed by atoms with Crippen LogP contribution in [-0.4, -0.2) is 60.4 Å². The SMILES string of the molecule is Cc1cccc(NCC(O)CN2CCNCC2)n1. The molecule has 1 fully saturated rings. The zero-order chi connectivity index (χ0) is 12.8. The van der Waals surface area contributed by atoms with Crippen LogP contribution in [0.1, 0.15) is 5.69 Å². The molecular weight excluding hydrogens is 228 g/mol. The highest BCUT2D eigenvalue weighted by Crippen LogP contribution is 2.04. The lowest BCUT2D eigenvalue weighted by atomic mass is 10.2. The molecule has 1 aromatic rings. The van der Waals surface area contributed by atoms with Gasteiger partial charge in [-0.05, 0) is 19.1 Å². The van der Waals surface area contributed by atoms with Gasteiger partial charge in [-0.15, -0.1) is 0 Å². The third-order valence-electron chi connectivity index (χ3n) is 3.09. The Kier molecular flexibility index (Phi) is 4.92. The van der Waals surface area contributed by atoms with Crippen molar-refractivity contribution in [1.82, 2.24) is 15.2 Å². The van der Waals surface area contributed by atoms with Crippen molar-refractivity contribution in [2.24, 2.45) is 0 Å². The number of aromatic nitrogens is 1. The van der Waals surface area contributed by atoms with Crippen LogP contribution in [0.25, 0.3) is 0 Å². The first kappa shape index (κ1) is 13.3. The molecule has 0 aliphatic carbocycles. The predicted molar refractivity (Wildman–Crippen MR) is 72.8 cm³/mol. The summed E-state index contributed by atoms with van der Waals surface area (Å²) in [6, 6.07) is 5.85. The van der Waals surface area contributed by atoms with E-state index in [0.29, 0.717) is 6.54 Å². The molecule has 5 heteroatoms. The van der Waals surface area contributed by atoms with Crippen molar-refractivity contribution in [2.75, 3.05) is 44.6 Å². The number of pyridine rings is 1. The number of nitrogens with one attached hydrogen (secondary N) is 2. The summed E-state index contributed by atoms with van der Waals surface area (Å²) in [6.07, 6.45) is -0.356. The summed E-state index contributed by atoms with van der Waals surface area (Å²) in [5.74, 6) is 0.828. The standard InChI is InChI=1S/C13H22N4O/c1-11-3-2-4-13(16-11)15-9-12(18)10-17-7-5-14-6-8-17/h2-4,12,14,18H,5-10H2,1H3,(H,15,16). The smallest absolute Gasteiger partial charge is 0.126 e. The second-order valence-corrected chi connectivity index (χ2v) is 4.75. The normalized spacial score (nSPS) is 18.6. The van der Waals surface area contributed by atoms with Crippen molar-refractivity contribution in [1.29, 1.82) is 0 Å². The molecule has 18 heavy (non-hydrogen) atoms. The van der Waals surface area contributed by atoms with Gasteiger partial charge >= 0.3 is 0 Å². The van der Waals surface area contributed by atoms with Crippen LogP contribution in [0.15, 0.2) is 18.2 Å². The molecule has 0 bridgehead atoms. The van der Waals surface area contributed by atoms with Crippen LogP contribution in [0.4, 0.5) is 5.82 Å². The number of aliphatic hydroxyl groups is 1. The van der Waals surface area contributed by atoms with Crippen molar-refractivity contribution in [3.8, 4) is 0 Å². The van der Waals surface area contributed by atoms with E-state index in [2.05, 4.69) is 20.5 Å². The van der Waals surface area contributed by atoms with E-state index < -0.39 is 0 Å². The van der Waals surface area contributed by atoms with E-state index in [9.17, 15) is 5.11 Å². The molecule has 2 heterocycles. The second kappa shape index (κ2) is 6.68. The van der Waals surface area contributed by atoms with Gasteiger partial charge in [-0.2, -0.15) is 0 Å². The number of hydrogen-bond donors (Lipinski definition) is 3. The number of aryl methyl sites for hydroxylation is 1. The molecule has 0 amide bonds. The molecule has 1 aromatic heterocycles. The third-order valence-corrected chi connectivity index (χ3v) is 3.09. The van der Waals surface area contributed by atoms with E-state index in [-0.39, 0.29) is 6.10 Å². The summed E-state index contributed by atoms with van der Waals surface area (Å²) < 4.78 is 0. The van der Waals surface area contributed by atoms with Gasteiger partial charge in [0.15, 0.2) is 0 Å². The maximum Gasteiger partial charge on any atom is 0.126 e. The number of nitrogens with zero attached hydrogens (tertiary/aromatic N) is 2. The van der Waals surface area contributed by atoms with Crippen LogP contribution in [0.2, 0.25) is 0 Å². The zero-order valence-corrected chi connectivity index (χ0v) is 10.9. The van der Waals surface area contributed by atoms with E-state index in [0.717, 1.165) is 44.2 Å². The maximum absolute atomic E-state index is 9.98. The van der Waals surface area contributed by atoms with Crippen molar-refractivity contribution in [3.05, 3.63) is 23.9 Å². The number of β-amino-alcohol motifs (C(OH)–C–C–N with tert-alkyl or cyclic N) is 1. The first-order valence-electron chi connectivity index (χ1n) is 6.53. The number of anilines is 1. The summed E-state index contributed by atoms with van der Waals surface area (Å²) >= 11 is 0. The van der Waals surface area contributed by atoms with Crippen LogP contribution >= 0.6 is 0 Å². The molecule has 1 aliphatic rings. The Morgan fingerprint density at radius 3 is 2.94 bits per heavy atom. The third kappa shape index (κ3) is 4.25. The molecule has 0 spiro atoms. The Labute approximate surface area is 108 Å². The fourth-order valence-corrected chi connectivity index (χ4v) is 2.12. The fraction of sp³-hybridized carbons (Fsp3) is 0.615. The molecular formula is C13H22N4O. The molecule has 5 nitrogen and oxygen atoms in total. The first-order valence-corrected chi connectivity index (χ1v) is 6.53. The highest BCUT2D eigenvalue weighted by atomic mass is 16.3. The minimum Gasteiger partial charge on any atom is -0.390 e. The average Bonchev–Trinajstić information content (AvgIpc) is 2.38. The Hall–Kier alpha value is -1.17. The lowest BCUT2D eigenvalue weighted by molar-refractivity contribution is 0.114. The lowest BCUT2D eigenvalue weighted by Gasteiger charge is -2.29. The predicted octanol–water partition coefficient (Wildman–Crippen LogP) is 0.0680. The van der Waals surface area contributed by atoms with Gasteiger partial charge in [0.05, 0.1) is 6.10 Å². The van der Waals surface area contributed by atoms with E-state index in [1.807, 2.05) is 25.1 Å². The maximum atomic E-state index is 9.98. The van der Waals surface area contributed by atoms with Gasteiger partial charge in [0, 0.05) is 45.0 Å². The summed E-state index contributed by atoms with van der Waals surface area (Å²) in [5.41, 5.74) is 0.983. The number of rotatable bonds is 5. The van der Waals surface area contributed by atoms with Crippen LogP contribution in [-0.2, 0) is 0 Å². The van der Waals surface area contributed by atoms with E-state index in [1.165, 1.54) is 0 Å². The summed E-state index contributed by atoms with van der Waals surface area (Å²) in [6.45, 7) is 7.28. The lowest BCUT2D eigenvalue weighted by Crippen LogP contribution is -2.47. The fourth-order valence-electron chi connectivity index (χ4n) is 2.12. The Bertz CT molecular complexity index is 366. The van der Waals surface area contributed by atoms with Crippen LogP contribution in [0, 0.1) is 6.92 Å². The average molecular weight is 250 g/mol. The minimum absolute atomic E-state index is 0.356. The number of aliphatic hydroxyl groups excluding tert-OH is 1. The monoisotopic (exact) mass is 250 g/mol. The Morgan fingerprint density at radius 1 is 1.44 bits per heavy atom. The Balaban J connectivity index is 1.72. The topological polar surface area (TPSA) is 60.4 Å². The molecule has 2 rings (SSSR count). The highest BCUT2D eigenvalue weighted by molar-refractivity contribution is 5.35. The van der Waals surface area contributed by atoms with Gasteiger partial charge < -0.3 is 15.7 Å². The molecule has 3 N–H and O–H groups in total. The van der Waals surface area contributed by atoms with Crippen molar-refractivity contribution >= 4 is 5.82 Å². The largest absolute Gasteiger partial charge is 0.390 e. The molecule has 1 atom stereocenters. The van der Waals surface area contributed by atoms with Gasteiger partial charge in [0.25, 0.3) is 0 Å². The molecule has 0 saturated carbocycles.